The Labute approximate surface area is 78.0 Å². The predicted molar refractivity (Wildman–Crippen MR) is 53.1 cm³/mol. The normalized spacial score (nSPS) is 23.8. The average molecular weight is 188 g/mol. The first-order valence-corrected chi connectivity index (χ1v) is 5.21. The molecule has 0 bridgehead atoms. The molecule has 0 spiro atoms. The Hall–Kier alpha value is -0.0900. The van der Waals surface area contributed by atoms with Crippen LogP contribution in [-0.2, 0) is 0 Å². The SMILES string of the molecule is CCN1CCC(C)(SN=O)CC1. The van der Waals surface area contributed by atoms with Gasteiger partial charge in [0.2, 0.25) is 0 Å². The van der Waals surface area contributed by atoms with E-state index in [1.807, 2.05) is 0 Å². The molecule has 0 radical (unpaired) electrons. The van der Waals surface area contributed by atoms with Gasteiger partial charge in [0.1, 0.15) is 0 Å². The minimum Gasteiger partial charge on any atom is -0.304 e. The third-order valence-corrected chi connectivity index (χ3v) is 3.54. The first-order valence-electron chi connectivity index (χ1n) is 4.43. The van der Waals surface area contributed by atoms with E-state index in [9.17, 15) is 4.91 Å². The van der Waals surface area contributed by atoms with Crippen molar-refractivity contribution in [2.24, 2.45) is 4.58 Å². The Balaban J connectivity index is 2.38. The molecule has 0 aliphatic carbocycles. The summed E-state index contributed by atoms with van der Waals surface area (Å²) in [6.07, 6.45) is 2.16. The van der Waals surface area contributed by atoms with Gasteiger partial charge in [0.15, 0.2) is 0 Å². The van der Waals surface area contributed by atoms with E-state index in [1.165, 1.54) is 11.9 Å². The molecule has 70 valence electrons. The van der Waals surface area contributed by atoms with Crippen LogP contribution in [0.3, 0.4) is 0 Å². The average Bonchev–Trinajstić information content (AvgIpc) is 2.06. The minimum absolute atomic E-state index is 0.105. The van der Waals surface area contributed by atoms with E-state index >= 15 is 0 Å². The summed E-state index contributed by atoms with van der Waals surface area (Å²) >= 11 is 1.21. The molecule has 0 aromatic rings. The zero-order valence-corrected chi connectivity index (χ0v) is 8.56. The van der Waals surface area contributed by atoms with Crippen molar-refractivity contribution < 1.29 is 0 Å². The van der Waals surface area contributed by atoms with E-state index in [1.54, 1.807) is 0 Å². The van der Waals surface area contributed by atoms with Gasteiger partial charge >= 0.3 is 0 Å². The van der Waals surface area contributed by atoms with E-state index in [4.69, 9.17) is 0 Å². The Kier molecular flexibility index (Phi) is 3.53. The highest BCUT2D eigenvalue weighted by Crippen LogP contribution is 2.35. The Morgan fingerprint density at radius 2 is 2.08 bits per heavy atom. The topological polar surface area (TPSA) is 32.7 Å². The first-order chi connectivity index (χ1) is 5.70. The van der Waals surface area contributed by atoms with Gasteiger partial charge in [-0.05, 0) is 39.4 Å². The van der Waals surface area contributed by atoms with E-state index in [2.05, 4.69) is 23.3 Å². The summed E-state index contributed by atoms with van der Waals surface area (Å²) in [5.41, 5.74) is 0. The molecule has 12 heavy (non-hydrogen) atoms. The number of rotatable bonds is 3. The van der Waals surface area contributed by atoms with Gasteiger partial charge in [-0.2, -0.15) is 0 Å². The summed E-state index contributed by atoms with van der Waals surface area (Å²) in [6.45, 7) is 7.64. The second kappa shape index (κ2) is 4.23. The van der Waals surface area contributed by atoms with Crippen molar-refractivity contribution in [2.45, 2.75) is 31.4 Å². The number of nitrogens with zero attached hydrogens (tertiary/aromatic N) is 2. The molecule has 1 aliphatic heterocycles. The zero-order chi connectivity index (χ0) is 9.03. The van der Waals surface area contributed by atoms with Crippen molar-refractivity contribution in [1.82, 2.24) is 4.90 Å². The summed E-state index contributed by atoms with van der Waals surface area (Å²) in [7, 11) is 0. The molecule has 0 saturated carbocycles. The van der Waals surface area contributed by atoms with Crippen LogP contribution in [0.1, 0.15) is 26.7 Å². The molecule has 0 aromatic carbocycles. The Morgan fingerprint density at radius 3 is 2.50 bits per heavy atom. The fourth-order valence-electron chi connectivity index (χ4n) is 1.52. The van der Waals surface area contributed by atoms with Crippen molar-refractivity contribution in [3.8, 4) is 0 Å². The first kappa shape index (κ1) is 9.99. The lowest BCUT2D eigenvalue weighted by molar-refractivity contribution is 0.216. The lowest BCUT2D eigenvalue weighted by Crippen LogP contribution is -2.40. The second-order valence-electron chi connectivity index (χ2n) is 3.55. The van der Waals surface area contributed by atoms with E-state index < -0.39 is 0 Å². The highest BCUT2D eigenvalue weighted by atomic mass is 32.2. The summed E-state index contributed by atoms with van der Waals surface area (Å²) in [6, 6.07) is 0. The van der Waals surface area contributed by atoms with Crippen molar-refractivity contribution in [3.63, 3.8) is 0 Å². The van der Waals surface area contributed by atoms with Gasteiger partial charge in [0.25, 0.3) is 0 Å². The van der Waals surface area contributed by atoms with Gasteiger partial charge in [-0.3, -0.25) is 0 Å². The third-order valence-electron chi connectivity index (χ3n) is 2.62. The maximum atomic E-state index is 10.1. The number of hydrogen-bond donors (Lipinski definition) is 0. The summed E-state index contributed by atoms with van der Waals surface area (Å²) in [5, 5.41) is 0. The highest BCUT2D eigenvalue weighted by Gasteiger charge is 2.30. The molecule has 0 amide bonds. The number of hydrogen-bond acceptors (Lipinski definition) is 4. The Bertz CT molecular complexity index is 155. The maximum Gasteiger partial charge on any atom is 0.0408 e. The molecule has 0 atom stereocenters. The van der Waals surface area contributed by atoms with Gasteiger partial charge in [0, 0.05) is 21.3 Å². The lowest BCUT2D eigenvalue weighted by atomic mass is 9.98. The van der Waals surface area contributed by atoms with Crippen molar-refractivity contribution in [1.29, 1.82) is 0 Å². The molecule has 0 aromatic heterocycles. The standard InChI is InChI=1S/C8H16N2OS/c1-3-10-6-4-8(2,5-7-10)12-9-11/h3-7H2,1-2H3. The minimum atomic E-state index is 0.105. The summed E-state index contributed by atoms with van der Waals surface area (Å²) in [4.78, 5) is 12.5. The van der Waals surface area contributed by atoms with Crippen LogP contribution >= 0.6 is 11.9 Å². The summed E-state index contributed by atoms with van der Waals surface area (Å²) in [5.74, 6) is 0. The van der Waals surface area contributed by atoms with Crippen LogP contribution in [0.15, 0.2) is 4.58 Å². The number of likely N-dealkylation sites (tertiary alicyclic amines) is 1. The predicted octanol–water partition coefficient (Wildman–Crippen LogP) is 2.28. The molecule has 0 unspecified atom stereocenters. The highest BCUT2D eigenvalue weighted by molar-refractivity contribution is 7.99. The molecule has 1 aliphatic rings. The van der Waals surface area contributed by atoms with E-state index in [-0.39, 0.29) is 4.75 Å². The molecule has 1 saturated heterocycles. The number of nitroso groups, excluding NO2 is 1. The fourth-order valence-corrected chi connectivity index (χ4v) is 2.07. The van der Waals surface area contributed by atoms with Crippen LogP contribution < -0.4 is 0 Å². The monoisotopic (exact) mass is 188 g/mol. The van der Waals surface area contributed by atoms with Crippen LogP contribution in [0.5, 0.6) is 0 Å². The molecule has 1 fully saturated rings. The van der Waals surface area contributed by atoms with E-state index in [0.717, 1.165) is 32.5 Å². The molecule has 1 rings (SSSR count). The zero-order valence-electron chi connectivity index (χ0n) is 7.75. The lowest BCUT2D eigenvalue weighted by Gasteiger charge is -2.36. The quantitative estimate of drug-likeness (QED) is 0.503. The largest absolute Gasteiger partial charge is 0.304 e. The van der Waals surface area contributed by atoms with Gasteiger partial charge in [-0.25, -0.2) is 0 Å². The molecule has 1 heterocycles. The molecule has 0 N–H and O–H groups in total. The van der Waals surface area contributed by atoms with Crippen LogP contribution in [-0.4, -0.2) is 29.3 Å². The summed E-state index contributed by atoms with van der Waals surface area (Å²) < 4.78 is 3.03. The van der Waals surface area contributed by atoms with Crippen LogP contribution in [0, 0.1) is 4.91 Å². The number of piperidine rings is 1. The van der Waals surface area contributed by atoms with Crippen molar-refractivity contribution in [3.05, 3.63) is 4.91 Å². The van der Waals surface area contributed by atoms with E-state index in [0.29, 0.717) is 0 Å². The van der Waals surface area contributed by atoms with Crippen LogP contribution in [0.2, 0.25) is 0 Å². The molecular formula is C8H16N2OS. The molecule has 3 nitrogen and oxygen atoms in total. The fraction of sp³-hybridized carbons (Fsp3) is 1.00. The van der Waals surface area contributed by atoms with Crippen molar-refractivity contribution >= 4 is 11.9 Å². The Morgan fingerprint density at radius 1 is 1.50 bits per heavy atom. The second-order valence-corrected chi connectivity index (χ2v) is 4.87. The van der Waals surface area contributed by atoms with Gasteiger partial charge in [0.05, 0.1) is 0 Å². The van der Waals surface area contributed by atoms with Crippen molar-refractivity contribution in [2.75, 3.05) is 19.6 Å². The van der Waals surface area contributed by atoms with Gasteiger partial charge in [-0.1, -0.05) is 6.92 Å². The molecule has 4 heteroatoms. The third kappa shape index (κ3) is 2.45. The smallest absolute Gasteiger partial charge is 0.0408 e. The maximum absolute atomic E-state index is 10.1. The van der Waals surface area contributed by atoms with Gasteiger partial charge < -0.3 is 4.90 Å². The van der Waals surface area contributed by atoms with Gasteiger partial charge in [-0.15, -0.1) is 4.91 Å². The van der Waals surface area contributed by atoms with Crippen LogP contribution in [0.4, 0.5) is 0 Å². The van der Waals surface area contributed by atoms with Crippen LogP contribution in [0.25, 0.3) is 0 Å². The molecular weight excluding hydrogens is 172 g/mol.